The molecule has 1 atom stereocenters. The Hall–Kier alpha value is -0.860. The zero-order chi connectivity index (χ0) is 9.14. The molecule has 1 unspecified atom stereocenters. The number of likely N-dealkylation sites (tertiary alicyclic amines) is 1. The Morgan fingerprint density at radius 2 is 2.33 bits per heavy atom. The highest BCUT2D eigenvalue weighted by Crippen LogP contribution is 2.23. The monoisotopic (exact) mass is 169 g/mol. The van der Waals surface area contributed by atoms with E-state index in [0.29, 0.717) is 18.3 Å². The maximum Gasteiger partial charge on any atom is 0.223 e. The van der Waals surface area contributed by atoms with Gasteiger partial charge in [-0.2, -0.15) is 0 Å². The van der Waals surface area contributed by atoms with Crippen molar-refractivity contribution in [3.63, 3.8) is 0 Å². The molecule has 3 heteroatoms. The first-order valence-electron chi connectivity index (χ1n) is 4.36. The molecule has 68 valence electrons. The summed E-state index contributed by atoms with van der Waals surface area (Å²) in [6, 6.07) is 0. The van der Waals surface area contributed by atoms with Gasteiger partial charge in [0.1, 0.15) is 6.29 Å². The predicted octanol–water partition coefficient (Wildman–Crippen LogP) is 0.690. The summed E-state index contributed by atoms with van der Waals surface area (Å²) < 4.78 is 0. The van der Waals surface area contributed by atoms with Crippen LogP contribution in [0.2, 0.25) is 0 Å². The average Bonchev–Trinajstić information content (AvgIpc) is 2.34. The van der Waals surface area contributed by atoms with Gasteiger partial charge in [-0.05, 0) is 11.8 Å². The van der Waals surface area contributed by atoms with Crippen LogP contribution in [-0.2, 0) is 9.59 Å². The normalized spacial score (nSPS) is 23.8. The van der Waals surface area contributed by atoms with Crippen LogP contribution in [0.3, 0.4) is 0 Å². The van der Waals surface area contributed by atoms with Gasteiger partial charge in [0, 0.05) is 13.0 Å². The zero-order valence-corrected chi connectivity index (χ0v) is 7.62. The molecule has 12 heavy (non-hydrogen) atoms. The fourth-order valence-electron chi connectivity index (χ4n) is 1.52. The van der Waals surface area contributed by atoms with E-state index in [1.165, 1.54) is 0 Å². The summed E-state index contributed by atoms with van der Waals surface area (Å²) in [4.78, 5) is 23.1. The van der Waals surface area contributed by atoms with Crippen LogP contribution in [0.4, 0.5) is 0 Å². The van der Waals surface area contributed by atoms with Gasteiger partial charge in [-0.25, -0.2) is 0 Å². The summed E-state index contributed by atoms with van der Waals surface area (Å²) in [5.74, 6) is 1.10. The average molecular weight is 169 g/mol. The van der Waals surface area contributed by atoms with Gasteiger partial charge in [-0.15, -0.1) is 0 Å². The standard InChI is InChI=1S/C9H15NO2/c1-7(2)8-5-9(12)10(6-8)3-4-11/h4,7-8H,3,5-6H2,1-2H3. The first kappa shape index (κ1) is 9.23. The third kappa shape index (κ3) is 1.84. The first-order valence-corrected chi connectivity index (χ1v) is 4.36. The summed E-state index contributed by atoms with van der Waals surface area (Å²) in [5.41, 5.74) is 0. The molecule has 1 fully saturated rings. The van der Waals surface area contributed by atoms with E-state index in [4.69, 9.17) is 0 Å². The van der Waals surface area contributed by atoms with Gasteiger partial charge >= 0.3 is 0 Å². The van der Waals surface area contributed by atoms with Crippen LogP contribution in [-0.4, -0.2) is 30.2 Å². The van der Waals surface area contributed by atoms with Crippen molar-refractivity contribution in [3.8, 4) is 0 Å². The lowest BCUT2D eigenvalue weighted by Gasteiger charge is -2.14. The van der Waals surface area contributed by atoms with Crippen molar-refractivity contribution >= 4 is 12.2 Å². The molecule has 1 aliphatic rings. The van der Waals surface area contributed by atoms with E-state index in [1.54, 1.807) is 4.90 Å². The van der Waals surface area contributed by atoms with Crippen molar-refractivity contribution < 1.29 is 9.59 Å². The maximum atomic E-state index is 11.2. The number of carbonyl (C=O) groups is 2. The summed E-state index contributed by atoms with van der Waals surface area (Å²) in [6.07, 6.45) is 1.41. The molecule has 0 aromatic rings. The molecule has 1 rings (SSSR count). The Labute approximate surface area is 72.7 Å². The second kappa shape index (κ2) is 3.70. The number of carbonyl (C=O) groups excluding carboxylic acids is 2. The number of hydrogen-bond donors (Lipinski definition) is 0. The van der Waals surface area contributed by atoms with Crippen molar-refractivity contribution in [1.29, 1.82) is 0 Å². The Balaban J connectivity index is 2.50. The molecule has 0 bridgehead atoms. The lowest BCUT2D eigenvalue weighted by molar-refractivity contribution is -0.129. The molecule has 1 amide bonds. The number of rotatable bonds is 3. The number of aldehydes is 1. The minimum Gasteiger partial charge on any atom is -0.335 e. The summed E-state index contributed by atoms with van der Waals surface area (Å²) in [6.45, 7) is 5.25. The van der Waals surface area contributed by atoms with Crippen LogP contribution in [0.25, 0.3) is 0 Å². The highest BCUT2D eigenvalue weighted by molar-refractivity contribution is 5.80. The third-order valence-electron chi connectivity index (χ3n) is 2.48. The Kier molecular flexibility index (Phi) is 2.84. The lowest BCUT2D eigenvalue weighted by atomic mass is 9.95. The number of amides is 1. The SMILES string of the molecule is CC(C)C1CC(=O)N(CC=O)C1. The lowest BCUT2D eigenvalue weighted by Crippen LogP contribution is -2.27. The molecule has 1 aliphatic heterocycles. The Morgan fingerprint density at radius 3 is 2.75 bits per heavy atom. The second-order valence-electron chi connectivity index (χ2n) is 3.67. The molecule has 0 N–H and O–H groups in total. The van der Waals surface area contributed by atoms with Gasteiger partial charge < -0.3 is 9.69 Å². The fraction of sp³-hybridized carbons (Fsp3) is 0.778. The molecule has 0 aromatic heterocycles. The van der Waals surface area contributed by atoms with Crippen LogP contribution in [0.1, 0.15) is 20.3 Å². The second-order valence-corrected chi connectivity index (χ2v) is 3.67. The van der Waals surface area contributed by atoms with E-state index < -0.39 is 0 Å². The summed E-state index contributed by atoms with van der Waals surface area (Å²) >= 11 is 0. The first-order chi connectivity index (χ1) is 5.65. The summed E-state index contributed by atoms with van der Waals surface area (Å²) in [7, 11) is 0. The molecule has 0 saturated carbocycles. The minimum atomic E-state index is 0.126. The van der Waals surface area contributed by atoms with E-state index >= 15 is 0 Å². The van der Waals surface area contributed by atoms with Crippen LogP contribution in [0, 0.1) is 11.8 Å². The maximum absolute atomic E-state index is 11.2. The van der Waals surface area contributed by atoms with E-state index in [9.17, 15) is 9.59 Å². The van der Waals surface area contributed by atoms with E-state index in [2.05, 4.69) is 13.8 Å². The zero-order valence-electron chi connectivity index (χ0n) is 7.62. The van der Waals surface area contributed by atoms with Gasteiger partial charge in [0.15, 0.2) is 0 Å². The molecule has 1 saturated heterocycles. The molecule has 0 aromatic carbocycles. The van der Waals surface area contributed by atoms with Gasteiger partial charge in [0.25, 0.3) is 0 Å². The molecule has 0 aliphatic carbocycles. The van der Waals surface area contributed by atoms with Gasteiger partial charge in [-0.3, -0.25) is 4.79 Å². The van der Waals surface area contributed by atoms with Gasteiger partial charge in [-0.1, -0.05) is 13.8 Å². The molecule has 3 nitrogen and oxygen atoms in total. The van der Waals surface area contributed by atoms with Crippen molar-refractivity contribution in [1.82, 2.24) is 4.90 Å². The van der Waals surface area contributed by atoms with E-state index in [1.807, 2.05) is 0 Å². The van der Waals surface area contributed by atoms with Crippen molar-refractivity contribution in [2.45, 2.75) is 20.3 Å². The predicted molar refractivity (Wildman–Crippen MR) is 45.6 cm³/mol. The van der Waals surface area contributed by atoms with E-state index in [0.717, 1.165) is 12.8 Å². The molecule has 0 radical (unpaired) electrons. The number of hydrogen-bond acceptors (Lipinski definition) is 2. The van der Waals surface area contributed by atoms with Crippen molar-refractivity contribution in [2.75, 3.05) is 13.1 Å². The smallest absolute Gasteiger partial charge is 0.223 e. The van der Waals surface area contributed by atoms with Crippen LogP contribution >= 0.6 is 0 Å². The fourth-order valence-corrected chi connectivity index (χ4v) is 1.52. The van der Waals surface area contributed by atoms with Gasteiger partial charge in [0.2, 0.25) is 5.91 Å². The quantitative estimate of drug-likeness (QED) is 0.583. The Bertz CT molecular complexity index is 189. The third-order valence-corrected chi connectivity index (χ3v) is 2.48. The molecule has 1 heterocycles. The minimum absolute atomic E-state index is 0.126. The van der Waals surface area contributed by atoms with Crippen molar-refractivity contribution in [2.24, 2.45) is 11.8 Å². The van der Waals surface area contributed by atoms with Crippen molar-refractivity contribution in [3.05, 3.63) is 0 Å². The molecular formula is C9H15NO2. The summed E-state index contributed by atoms with van der Waals surface area (Å²) in [5, 5.41) is 0. The van der Waals surface area contributed by atoms with Crippen LogP contribution in [0.5, 0.6) is 0 Å². The highest BCUT2D eigenvalue weighted by atomic mass is 16.2. The molecular weight excluding hydrogens is 154 g/mol. The largest absolute Gasteiger partial charge is 0.335 e. The van der Waals surface area contributed by atoms with Gasteiger partial charge in [0.05, 0.1) is 6.54 Å². The van der Waals surface area contributed by atoms with E-state index in [-0.39, 0.29) is 12.5 Å². The van der Waals surface area contributed by atoms with Crippen LogP contribution < -0.4 is 0 Å². The number of nitrogens with zero attached hydrogens (tertiary/aromatic N) is 1. The Morgan fingerprint density at radius 1 is 1.67 bits per heavy atom. The van der Waals surface area contributed by atoms with Crippen LogP contribution in [0.15, 0.2) is 0 Å². The highest BCUT2D eigenvalue weighted by Gasteiger charge is 2.30. The topological polar surface area (TPSA) is 37.4 Å². The molecule has 0 spiro atoms.